The molecule has 0 radical (unpaired) electrons. The van der Waals surface area contributed by atoms with Crippen molar-refractivity contribution < 1.29 is 8.78 Å². The van der Waals surface area contributed by atoms with Crippen molar-refractivity contribution >= 4 is 11.6 Å². The number of hydrogen-bond donors (Lipinski definition) is 0. The Morgan fingerprint density at radius 1 is 1.17 bits per heavy atom. The molecule has 66 valence electrons. The van der Waals surface area contributed by atoms with Gasteiger partial charge < -0.3 is 0 Å². The summed E-state index contributed by atoms with van der Waals surface area (Å²) < 4.78 is 25.8. The molecule has 0 spiro atoms. The predicted octanol–water partition coefficient (Wildman–Crippen LogP) is 3.14. The molecule has 0 saturated carbocycles. The van der Waals surface area contributed by atoms with Crippen LogP contribution in [-0.4, -0.2) is 5.88 Å². The highest BCUT2D eigenvalue weighted by molar-refractivity contribution is 6.17. The van der Waals surface area contributed by atoms with Crippen molar-refractivity contribution in [2.45, 2.75) is 12.8 Å². The zero-order valence-corrected chi connectivity index (χ0v) is 7.24. The maximum atomic E-state index is 12.9. The van der Waals surface area contributed by atoms with Gasteiger partial charge in [-0.05, 0) is 25.0 Å². The molecule has 0 aromatic heterocycles. The van der Waals surface area contributed by atoms with E-state index in [9.17, 15) is 8.78 Å². The van der Waals surface area contributed by atoms with Crippen LogP contribution in [0.1, 0.15) is 12.0 Å². The highest BCUT2D eigenvalue weighted by Crippen LogP contribution is 2.13. The topological polar surface area (TPSA) is 0 Å². The van der Waals surface area contributed by atoms with Gasteiger partial charge >= 0.3 is 0 Å². The number of halogens is 3. The van der Waals surface area contributed by atoms with Crippen molar-refractivity contribution in [3.8, 4) is 0 Å². The average Bonchev–Trinajstić information content (AvgIpc) is 2.04. The van der Waals surface area contributed by atoms with Crippen LogP contribution in [0, 0.1) is 11.6 Å². The summed E-state index contributed by atoms with van der Waals surface area (Å²) >= 11 is 5.41. The van der Waals surface area contributed by atoms with Gasteiger partial charge in [-0.3, -0.25) is 0 Å². The molecule has 3 heteroatoms. The summed E-state index contributed by atoms with van der Waals surface area (Å²) in [7, 11) is 0. The quantitative estimate of drug-likeness (QED) is 0.643. The van der Waals surface area contributed by atoms with Gasteiger partial charge in [0.2, 0.25) is 0 Å². The number of alkyl halides is 1. The van der Waals surface area contributed by atoms with Crippen LogP contribution >= 0.6 is 11.6 Å². The molecule has 0 fully saturated rings. The van der Waals surface area contributed by atoms with Gasteiger partial charge in [-0.2, -0.15) is 0 Å². The van der Waals surface area contributed by atoms with E-state index < -0.39 is 11.6 Å². The second-order valence-corrected chi connectivity index (χ2v) is 2.87. The Hall–Kier alpha value is -0.630. The van der Waals surface area contributed by atoms with E-state index in [0.717, 1.165) is 0 Å². The first-order chi connectivity index (χ1) is 5.75. The minimum atomic E-state index is -0.486. The van der Waals surface area contributed by atoms with Crippen molar-refractivity contribution in [2.24, 2.45) is 0 Å². The maximum Gasteiger partial charge on any atom is 0.129 e. The molecule has 0 heterocycles. The molecule has 0 N–H and O–H groups in total. The monoisotopic (exact) mass is 190 g/mol. The van der Waals surface area contributed by atoms with Crippen LogP contribution in [0.25, 0.3) is 0 Å². The maximum absolute atomic E-state index is 12.9. The molecule has 0 aliphatic carbocycles. The second kappa shape index (κ2) is 4.41. The summed E-state index contributed by atoms with van der Waals surface area (Å²) in [5.41, 5.74) is 0.137. The lowest BCUT2D eigenvalue weighted by Crippen LogP contribution is -1.95. The van der Waals surface area contributed by atoms with E-state index >= 15 is 0 Å². The normalized spacial score (nSPS) is 10.2. The van der Waals surface area contributed by atoms with Gasteiger partial charge in [-0.25, -0.2) is 8.78 Å². The zero-order valence-electron chi connectivity index (χ0n) is 6.49. The Morgan fingerprint density at radius 3 is 2.25 bits per heavy atom. The van der Waals surface area contributed by atoms with Crippen LogP contribution in [-0.2, 0) is 6.42 Å². The van der Waals surface area contributed by atoms with Crippen LogP contribution in [0.15, 0.2) is 18.2 Å². The second-order valence-electron chi connectivity index (χ2n) is 2.49. The molecule has 1 rings (SSSR count). The highest BCUT2D eigenvalue weighted by atomic mass is 35.5. The first-order valence-electron chi connectivity index (χ1n) is 3.74. The largest absolute Gasteiger partial charge is 0.207 e. The van der Waals surface area contributed by atoms with E-state index in [0.29, 0.717) is 18.7 Å². The van der Waals surface area contributed by atoms with Gasteiger partial charge in [0.15, 0.2) is 0 Å². The van der Waals surface area contributed by atoms with Crippen LogP contribution in [0.2, 0.25) is 0 Å². The number of benzene rings is 1. The van der Waals surface area contributed by atoms with Crippen LogP contribution in [0.5, 0.6) is 0 Å². The van der Waals surface area contributed by atoms with E-state index in [-0.39, 0.29) is 5.56 Å². The summed E-state index contributed by atoms with van der Waals surface area (Å²) in [5, 5.41) is 0. The van der Waals surface area contributed by atoms with Gasteiger partial charge in [-0.1, -0.05) is 6.07 Å². The summed E-state index contributed by atoms with van der Waals surface area (Å²) in [6.07, 6.45) is 0.960. The molecular formula is C9H9ClF2. The Bertz CT molecular complexity index is 240. The third-order valence-electron chi connectivity index (χ3n) is 1.62. The first kappa shape index (κ1) is 9.46. The Balaban J connectivity index is 2.81. The van der Waals surface area contributed by atoms with Crippen LogP contribution < -0.4 is 0 Å². The summed E-state index contributed by atoms with van der Waals surface area (Å²) in [5.74, 6) is -0.548. The molecule has 1 aromatic carbocycles. The molecule has 0 nitrogen and oxygen atoms in total. The fraction of sp³-hybridized carbons (Fsp3) is 0.333. The Morgan fingerprint density at radius 2 is 1.75 bits per heavy atom. The molecule has 12 heavy (non-hydrogen) atoms. The van der Waals surface area contributed by atoms with Crippen LogP contribution in [0.4, 0.5) is 8.78 Å². The Kier molecular flexibility index (Phi) is 3.48. The third-order valence-corrected chi connectivity index (χ3v) is 1.89. The minimum absolute atomic E-state index is 0.137. The van der Waals surface area contributed by atoms with E-state index in [1.807, 2.05) is 0 Å². The van der Waals surface area contributed by atoms with Gasteiger partial charge in [0, 0.05) is 11.4 Å². The van der Waals surface area contributed by atoms with Gasteiger partial charge in [0.25, 0.3) is 0 Å². The zero-order chi connectivity index (χ0) is 8.97. The average molecular weight is 191 g/mol. The van der Waals surface area contributed by atoms with Crippen molar-refractivity contribution in [1.29, 1.82) is 0 Å². The minimum Gasteiger partial charge on any atom is -0.207 e. The van der Waals surface area contributed by atoms with Crippen molar-refractivity contribution in [1.82, 2.24) is 0 Å². The van der Waals surface area contributed by atoms with Crippen molar-refractivity contribution in [3.63, 3.8) is 0 Å². The third kappa shape index (κ3) is 2.18. The SMILES string of the molecule is Fc1cccc(F)c1CCCCl. The molecule has 0 atom stereocenters. The van der Waals surface area contributed by atoms with E-state index in [1.165, 1.54) is 18.2 Å². The molecular weight excluding hydrogens is 182 g/mol. The Labute approximate surface area is 75.2 Å². The van der Waals surface area contributed by atoms with Crippen LogP contribution in [0.3, 0.4) is 0 Å². The van der Waals surface area contributed by atoms with Crippen molar-refractivity contribution in [3.05, 3.63) is 35.4 Å². The molecule has 0 amide bonds. The van der Waals surface area contributed by atoms with Gasteiger partial charge in [0.1, 0.15) is 11.6 Å². The summed E-state index contributed by atoms with van der Waals surface area (Å²) in [6.45, 7) is 0. The molecule has 0 unspecified atom stereocenters. The molecule has 0 bridgehead atoms. The fourth-order valence-corrected chi connectivity index (χ4v) is 1.15. The molecule has 0 saturated heterocycles. The lowest BCUT2D eigenvalue weighted by molar-refractivity contribution is 0.553. The fourth-order valence-electron chi connectivity index (χ4n) is 1.01. The summed E-state index contributed by atoms with van der Waals surface area (Å²) in [6, 6.07) is 3.87. The van der Waals surface area contributed by atoms with Gasteiger partial charge in [0.05, 0.1) is 0 Å². The summed E-state index contributed by atoms with van der Waals surface area (Å²) in [4.78, 5) is 0. The van der Waals surface area contributed by atoms with E-state index in [2.05, 4.69) is 0 Å². The predicted molar refractivity (Wildman–Crippen MR) is 45.4 cm³/mol. The highest BCUT2D eigenvalue weighted by Gasteiger charge is 2.06. The number of rotatable bonds is 3. The first-order valence-corrected chi connectivity index (χ1v) is 4.28. The van der Waals surface area contributed by atoms with E-state index in [1.54, 1.807) is 0 Å². The van der Waals surface area contributed by atoms with E-state index in [4.69, 9.17) is 11.6 Å². The lowest BCUT2D eigenvalue weighted by atomic mass is 10.1. The smallest absolute Gasteiger partial charge is 0.129 e. The molecule has 0 aliphatic heterocycles. The molecule has 1 aromatic rings. The lowest BCUT2D eigenvalue weighted by Gasteiger charge is -2.01. The number of hydrogen-bond acceptors (Lipinski definition) is 0. The van der Waals surface area contributed by atoms with Crippen molar-refractivity contribution in [2.75, 3.05) is 5.88 Å². The van der Waals surface area contributed by atoms with Gasteiger partial charge in [-0.15, -0.1) is 11.6 Å². The standard InChI is InChI=1S/C9H9ClF2/c10-6-2-3-7-8(11)4-1-5-9(7)12/h1,4-5H,2-3,6H2. The molecule has 0 aliphatic rings.